The van der Waals surface area contributed by atoms with Gasteiger partial charge in [0.25, 0.3) is 11.8 Å². The highest BCUT2D eigenvalue weighted by atomic mass is 16.5. The van der Waals surface area contributed by atoms with Gasteiger partial charge in [-0.05, 0) is 51.0 Å². The molecule has 0 heterocycles. The van der Waals surface area contributed by atoms with E-state index in [2.05, 4.69) is 16.7 Å². The summed E-state index contributed by atoms with van der Waals surface area (Å²) in [6, 6.07) is 13.2. The van der Waals surface area contributed by atoms with Gasteiger partial charge in [0.2, 0.25) is 0 Å². The van der Waals surface area contributed by atoms with Crippen molar-refractivity contribution in [2.45, 2.75) is 33.2 Å². The zero-order valence-electron chi connectivity index (χ0n) is 16.9. The minimum absolute atomic E-state index is 0.0452. The number of aryl methyl sites for hydroxylation is 1. The van der Waals surface area contributed by atoms with E-state index in [4.69, 9.17) is 9.47 Å². The highest BCUT2D eigenvalue weighted by Gasteiger charge is 2.12. The molecule has 0 aliphatic heterocycles. The van der Waals surface area contributed by atoms with Gasteiger partial charge in [0.15, 0.2) is 18.1 Å². The van der Waals surface area contributed by atoms with Crippen molar-refractivity contribution in [3.8, 4) is 11.5 Å². The van der Waals surface area contributed by atoms with Crippen LogP contribution in [0.3, 0.4) is 0 Å². The summed E-state index contributed by atoms with van der Waals surface area (Å²) in [4.78, 5) is 24.1. The van der Waals surface area contributed by atoms with Crippen LogP contribution in [-0.2, 0) is 11.2 Å². The lowest BCUT2D eigenvalue weighted by Gasteiger charge is -2.13. The van der Waals surface area contributed by atoms with Crippen molar-refractivity contribution in [1.82, 2.24) is 10.6 Å². The zero-order chi connectivity index (χ0) is 20.5. The summed E-state index contributed by atoms with van der Waals surface area (Å²) in [6.07, 6.45) is 0.761. The fraction of sp³-hybridized carbons (Fsp3) is 0.364. The van der Waals surface area contributed by atoms with Crippen LogP contribution in [0.2, 0.25) is 0 Å². The molecule has 6 heteroatoms. The molecule has 2 aromatic rings. The predicted octanol–water partition coefficient (Wildman–Crippen LogP) is 2.88. The molecule has 0 bridgehead atoms. The number of hydrogen-bond acceptors (Lipinski definition) is 4. The molecule has 0 aliphatic carbocycles. The minimum Gasteiger partial charge on any atom is -0.493 e. The summed E-state index contributed by atoms with van der Waals surface area (Å²) in [6.45, 7) is 6.23. The van der Waals surface area contributed by atoms with Crippen LogP contribution >= 0.6 is 0 Å². The topological polar surface area (TPSA) is 76.7 Å². The molecule has 0 spiro atoms. The second kappa shape index (κ2) is 10.3. The molecule has 0 aromatic heterocycles. The Balaban J connectivity index is 1.92. The maximum atomic E-state index is 12.4. The molecule has 2 rings (SSSR count). The van der Waals surface area contributed by atoms with Crippen molar-refractivity contribution in [3.05, 3.63) is 59.2 Å². The van der Waals surface area contributed by atoms with E-state index in [1.54, 1.807) is 18.2 Å². The molecule has 28 heavy (non-hydrogen) atoms. The van der Waals surface area contributed by atoms with Crippen molar-refractivity contribution >= 4 is 11.8 Å². The highest BCUT2D eigenvalue weighted by Crippen LogP contribution is 2.28. The molecule has 0 unspecified atom stereocenters. The van der Waals surface area contributed by atoms with Gasteiger partial charge >= 0.3 is 0 Å². The second-order valence-electron chi connectivity index (χ2n) is 6.87. The van der Waals surface area contributed by atoms with Gasteiger partial charge < -0.3 is 20.1 Å². The molecule has 0 saturated carbocycles. The molecule has 0 radical (unpaired) electrons. The number of methoxy groups -OCH3 is 1. The largest absolute Gasteiger partial charge is 0.493 e. The number of benzene rings is 2. The first-order chi connectivity index (χ1) is 13.4. The average Bonchev–Trinajstić information content (AvgIpc) is 2.65. The molecule has 150 valence electrons. The van der Waals surface area contributed by atoms with Crippen molar-refractivity contribution in [2.24, 2.45) is 0 Å². The SMILES string of the molecule is COc1cc(C(=O)NCCc2cccc(C)c2)ccc1OCC(=O)NC(C)C. The van der Waals surface area contributed by atoms with Crippen LogP contribution in [-0.4, -0.2) is 38.1 Å². The van der Waals surface area contributed by atoms with E-state index in [-0.39, 0.29) is 24.5 Å². The molecular formula is C22H28N2O4. The Morgan fingerprint density at radius 3 is 2.54 bits per heavy atom. The Morgan fingerprint density at radius 2 is 1.86 bits per heavy atom. The minimum atomic E-state index is -0.213. The summed E-state index contributed by atoms with van der Waals surface area (Å²) in [5.41, 5.74) is 2.85. The van der Waals surface area contributed by atoms with Crippen LogP contribution in [0.25, 0.3) is 0 Å². The molecule has 0 fully saturated rings. The quantitative estimate of drug-likeness (QED) is 0.697. The van der Waals surface area contributed by atoms with E-state index in [1.165, 1.54) is 18.2 Å². The maximum Gasteiger partial charge on any atom is 0.258 e. The lowest BCUT2D eigenvalue weighted by molar-refractivity contribution is -0.123. The molecule has 6 nitrogen and oxygen atoms in total. The number of amides is 2. The number of hydrogen-bond donors (Lipinski definition) is 2. The second-order valence-corrected chi connectivity index (χ2v) is 6.87. The average molecular weight is 384 g/mol. The summed E-state index contributed by atoms with van der Waals surface area (Å²) in [5, 5.41) is 5.66. The molecule has 2 N–H and O–H groups in total. The van der Waals surface area contributed by atoms with Gasteiger partial charge in [0.05, 0.1) is 7.11 Å². The van der Waals surface area contributed by atoms with E-state index in [0.717, 1.165) is 6.42 Å². The smallest absolute Gasteiger partial charge is 0.258 e. The van der Waals surface area contributed by atoms with Gasteiger partial charge in [-0.3, -0.25) is 9.59 Å². The summed E-state index contributed by atoms with van der Waals surface area (Å²) < 4.78 is 10.8. The summed E-state index contributed by atoms with van der Waals surface area (Å²) in [7, 11) is 1.50. The third-order valence-corrected chi connectivity index (χ3v) is 4.02. The van der Waals surface area contributed by atoms with E-state index in [9.17, 15) is 9.59 Å². The number of rotatable bonds is 9. The molecule has 2 aromatic carbocycles. The summed E-state index contributed by atoms with van der Waals surface area (Å²) >= 11 is 0. The lowest BCUT2D eigenvalue weighted by atomic mass is 10.1. The Bertz CT molecular complexity index is 818. The first kappa shape index (κ1) is 21.3. The highest BCUT2D eigenvalue weighted by molar-refractivity contribution is 5.94. The molecule has 0 atom stereocenters. The van der Waals surface area contributed by atoms with Gasteiger partial charge in [-0.2, -0.15) is 0 Å². The Kier molecular flexibility index (Phi) is 7.87. The summed E-state index contributed by atoms with van der Waals surface area (Å²) in [5.74, 6) is 0.423. The molecule has 0 aliphatic rings. The monoisotopic (exact) mass is 384 g/mol. The molecule has 0 saturated heterocycles. The lowest BCUT2D eigenvalue weighted by Crippen LogP contribution is -2.34. The van der Waals surface area contributed by atoms with Crippen molar-refractivity contribution < 1.29 is 19.1 Å². The van der Waals surface area contributed by atoms with Gasteiger partial charge in [-0.15, -0.1) is 0 Å². The van der Waals surface area contributed by atoms with Crippen molar-refractivity contribution in [1.29, 1.82) is 0 Å². The van der Waals surface area contributed by atoms with Gasteiger partial charge in [0.1, 0.15) is 0 Å². The fourth-order valence-electron chi connectivity index (χ4n) is 2.73. The van der Waals surface area contributed by atoms with E-state index in [1.807, 2.05) is 39.0 Å². The fourth-order valence-corrected chi connectivity index (χ4v) is 2.73. The maximum absolute atomic E-state index is 12.4. The van der Waals surface area contributed by atoms with Crippen LogP contribution in [0.4, 0.5) is 0 Å². The van der Waals surface area contributed by atoms with Crippen LogP contribution in [0, 0.1) is 6.92 Å². The Hall–Kier alpha value is -3.02. The number of carbonyl (C=O) groups excluding carboxylic acids is 2. The van der Waals surface area contributed by atoms with E-state index >= 15 is 0 Å². The first-order valence-corrected chi connectivity index (χ1v) is 9.33. The molecular weight excluding hydrogens is 356 g/mol. The van der Waals surface area contributed by atoms with Gasteiger partial charge in [-0.1, -0.05) is 29.8 Å². The van der Waals surface area contributed by atoms with E-state index in [0.29, 0.717) is 23.6 Å². The number of carbonyl (C=O) groups is 2. The predicted molar refractivity (Wildman–Crippen MR) is 109 cm³/mol. The zero-order valence-corrected chi connectivity index (χ0v) is 16.9. The normalized spacial score (nSPS) is 10.5. The first-order valence-electron chi connectivity index (χ1n) is 9.33. The Labute approximate surface area is 166 Å². The van der Waals surface area contributed by atoms with Gasteiger partial charge in [0, 0.05) is 18.2 Å². The molecule has 2 amide bonds. The van der Waals surface area contributed by atoms with Gasteiger partial charge in [-0.25, -0.2) is 0 Å². The van der Waals surface area contributed by atoms with Crippen molar-refractivity contribution in [2.75, 3.05) is 20.3 Å². The van der Waals surface area contributed by atoms with Crippen LogP contribution in [0.5, 0.6) is 11.5 Å². The van der Waals surface area contributed by atoms with E-state index < -0.39 is 0 Å². The van der Waals surface area contributed by atoms with Crippen LogP contribution in [0.1, 0.15) is 35.3 Å². The third kappa shape index (κ3) is 6.61. The van der Waals surface area contributed by atoms with Crippen LogP contribution < -0.4 is 20.1 Å². The number of ether oxygens (including phenoxy) is 2. The third-order valence-electron chi connectivity index (χ3n) is 4.02. The standard InChI is InChI=1S/C22H28N2O4/c1-15(2)24-21(25)14-28-19-9-8-18(13-20(19)27-4)22(26)23-11-10-17-7-5-6-16(3)12-17/h5-9,12-13,15H,10-11,14H2,1-4H3,(H,23,26)(H,24,25). The van der Waals surface area contributed by atoms with Crippen molar-refractivity contribution in [3.63, 3.8) is 0 Å². The number of nitrogens with one attached hydrogen (secondary N) is 2. The Morgan fingerprint density at radius 1 is 1.07 bits per heavy atom. The van der Waals surface area contributed by atoms with Crippen LogP contribution in [0.15, 0.2) is 42.5 Å².